The number of rotatable bonds is 4. The molecule has 0 aliphatic rings. The van der Waals surface area contributed by atoms with Crippen LogP contribution in [0.1, 0.15) is 38.3 Å². The van der Waals surface area contributed by atoms with Crippen LogP contribution in [0.5, 0.6) is 5.75 Å². The van der Waals surface area contributed by atoms with E-state index in [2.05, 4.69) is 10.3 Å². The van der Waals surface area contributed by atoms with Crippen molar-refractivity contribution in [3.63, 3.8) is 0 Å². The first-order chi connectivity index (χ1) is 11.1. The summed E-state index contributed by atoms with van der Waals surface area (Å²) in [5.41, 5.74) is -0.220. The van der Waals surface area contributed by atoms with Crippen LogP contribution >= 0.6 is 11.3 Å². The highest BCUT2D eigenvalue weighted by Gasteiger charge is 2.34. The first kappa shape index (κ1) is 17.9. The minimum absolute atomic E-state index is 0.190. The Labute approximate surface area is 139 Å². The molecule has 128 valence electrons. The van der Waals surface area contributed by atoms with Crippen molar-refractivity contribution in [2.75, 3.05) is 12.4 Å². The normalized spacial score (nSPS) is 11.2. The number of anilines is 1. The molecule has 1 N–H and O–H groups in total. The summed E-state index contributed by atoms with van der Waals surface area (Å²) in [6, 6.07) is 3.06. The fourth-order valence-corrected chi connectivity index (χ4v) is 2.76. The second-order valence-electron chi connectivity index (χ2n) is 4.86. The van der Waals surface area contributed by atoms with Crippen LogP contribution in [0.2, 0.25) is 0 Å². The van der Waals surface area contributed by atoms with Gasteiger partial charge in [-0.25, -0.2) is 4.98 Å². The number of carbonyl (C=O) groups is 2. The van der Waals surface area contributed by atoms with Gasteiger partial charge in [0.25, 0.3) is 5.91 Å². The molecule has 0 bridgehead atoms. The number of amides is 1. The molecule has 1 amide bonds. The van der Waals surface area contributed by atoms with E-state index >= 15 is 0 Å². The largest absolute Gasteiger partial charge is 0.496 e. The second-order valence-corrected chi connectivity index (χ2v) is 5.72. The first-order valence-corrected chi connectivity index (χ1v) is 7.55. The van der Waals surface area contributed by atoms with E-state index < -0.39 is 17.8 Å². The van der Waals surface area contributed by atoms with Crippen molar-refractivity contribution in [1.29, 1.82) is 0 Å². The van der Waals surface area contributed by atoms with E-state index in [1.165, 1.54) is 20.1 Å². The third-order valence-corrected chi connectivity index (χ3v) is 4.08. The summed E-state index contributed by atoms with van der Waals surface area (Å²) in [6.07, 6.45) is -4.62. The molecule has 9 heteroatoms. The van der Waals surface area contributed by atoms with Gasteiger partial charge >= 0.3 is 6.18 Å². The predicted octanol–water partition coefficient (Wildman–Crippen LogP) is 3.93. The zero-order valence-corrected chi connectivity index (χ0v) is 13.8. The Bertz CT molecular complexity index is 800. The fourth-order valence-electron chi connectivity index (χ4n) is 2.04. The van der Waals surface area contributed by atoms with Crippen LogP contribution in [-0.2, 0) is 6.18 Å². The summed E-state index contributed by atoms with van der Waals surface area (Å²) in [5.74, 6) is -0.689. The summed E-state index contributed by atoms with van der Waals surface area (Å²) in [4.78, 5) is 27.2. The van der Waals surface area contributed by atoms with Crippen molar-refractivity contribution in [3.8, 4) is 5.75 Å². The molecule has 0 spiro atoms. The number of hydrogen-bond acceptors (Lipinski definition) is 5. The Morgan fingerprint density at radius 1 is 1.29 bits per heavy atom. The number of alkyl halides is 3. The minimum Gasteiger partial charge on any atom is -0.496 e. The molecule has 0 radical (unpaired) electrons. The fraction of sp³-hybridized carbons (Fsp3) is 0.267. The van der Waals surface area contributed by atoms with Crippen molar-refractivity contribution in [2.24, 2.45) is 0 Å². The van der Waals surface area contributed by atoms with Gasteiger partial charge in [-0.1, -0.05) is 0 Å². The van der Waals surface area contributed by atoms with Gasteiger partial charge < -0.3 is 10.1 Å². The summed E-state index contributed by atoms with van der Waals surface area (Å²) >= 11 is 0.575. The molecule has 0 unspecified atom stereocenters. The number of carbonyl (C=O) groups excluding carboxylic acids is 2. The van der Waals surface area contributed by atoms with Crippen molar-refractivity contribution < 1.29 is 27.5 Å². The van der Waals surface area contributed by atoms with E-state index in [0.29, 0.717) is 22.6 Å². The van der Waals surface area contributed by atoms with E-state index in [-0.39, 0.29) is 22.0 Å². The molecule has 0 saturated heterocycles. The molecule has 0 fully saturated rings. The maximum Gasteiger partial charge on any atom is 0.434 e. The van der Waals surface area contributed by atoms with Gasteiger partial charge in [0.2, 0.25) is 0 Å². The average molecular weight is 358 g/mol. The highest BCUT2D eigenvalue weighted by Crippen LogP contribution is 2.32. The molecule has 0 aliphatic heterocycles. The number of hydrogen-bond donors (Lipinski definition) is 1. The van der Waals surface area contributed by atoms with Gasteiger partial charge in [-0.3, -0.25) is 9.59 Å². The SMILES string of the molecule is COc1ccc(C(C)=O)c(NC(=O)c2nc(C(F)(F)F)cs2)c1C. The van der Waals surface area contributed by atoms with Crippen LogP contribution < -0.4 is 10.1 Å². The van der Waals surface area contributed by atoms with Gasteiger partial charge in [-0.2, -0.15) is 13.2 Å². The number of halogens is 3. The molecule has 1 aromatic carbocycles. The molecule has 2 rings (SSSR count). The van der Waals surface area contributed by atoms with Crippen LogP contribution in [0.15, 0.2) is 17.5 Å². The number of ether oxygens (including phenoxy) is 1. The van der Waals surface area contributed by atoms with E-state index in [1.807, 2.05) is 0 Å². The Morgan fingerprint density at radius 3 is 2.46 bits per heavy atom. The number of methoxy groups -OCH3 is 1. The predicted molar refractivity (Wildman–Crippen MR) is 82.8 cm³/mol. The first-order valence-electron chi connectivity index (χ1n) is 6.67. The Kier molecular flexibility index (Phi) is 4.93. The van der Waals surface area contributed by atoms with Crippen molar-refractivity contribution >= 4 is 28.7 Å². The van der Waals surface area contributed by atoms with Crippen LogP contribution in [0.25, 0.3) is 0 Å². The van der Waals surface area contributed by atoms with Crippen molar-refractivity contribution in [1.82, 2.24) is 4.98 Å². The van der Waals surface area contributed by atoms with Crippen LogP contribution in [-0.4, -0.2) is 23.8 Å². The smallest absolute Gasteiger partial charge is 0.434 e. The summed E-state index contributed by atoms with van der Waals surface area (Å²) < 4.78 is 42.9. The standard InChI is InChI=1S/C15H13F3N2O3S/c1-7-10(23-3)5-4-9(8(2)21)12(7)20-13(22)14-19-11(6-24-14)15(16,17)18/h4-6H,1-3H3,(H,20,22). The number of nitrogens with zero attached hydrogens (tertiary/aromatic N) is 1. The summed E-state index contributed by atoms with van der Waals surface area (Å²) in [6.45, 7) is 2.95. The molecule has 0 aliphatic carbocycles. The quantitative estimate of drug-likeness (QED) is 0.841. The minimum atomic E-state index is -4.62. The number of benzene rings is 1. The number of nitrogens with one attached hydrogen (secondary N) is 1. The third-order valence-electron chi connectivity index (χ3n) is 3.24. The lowest BCUT2D eigenvalue weighted by Crippen LogP contribution is -2.16. The lowest BCUT2D eigenvalue weighted by molar-refractivity contribution is -0.140. The third kappa shape index (κ3) is 3.56. The highest BCUT2D eigenvalue weighted by atomic mass is 32.1. The molecule has 2 aromatic rings. The number of ketones is 1. The average Bonchev–Trinajstić information content (AvgIpc) is 2.99. The van der Waals surface area contributed by atoms with Gasteiger partial charge in [-0.05, 0) is 26.0 Å². The Hall–Kier alpha value is -2.42. The molecule has 1 aromatic heterocycles. The van der Waals surface area contributed by atoms with E-state index in [9.17, 15) is 22.8 Å². The number of Topliss-reactive ketones (excluding diaryl/α,β-unsaturated/α-hetero) is 1. The lowest BCUT2D eigenvalue weighted by Gasteiger charge is -2.14. The second kappa shape index (κ2) is 6.60. The molecule has 0 atom stereocenters. The van der Waals surface area contributed by atoms with Crippen LogP contribution in [0, 0.1) is 6.92 Å². The van der Waals surface area contributed by atoms with Crippen molar-refractivity contribution in [2.45, 2.75) is 20.0 Å². The maximum atomic E-state index is 12.6. The topological polar surface area (TPSA) is 68.3 Å². The molecular formula is C15H13F3N2O3S. The van der Waals surface area contributed by atoms with Gasteiger partial charge in [-0.15, -0.1) is 11.3 Å². The highest BCUT2D eigenvalue weighted by molar-refractivity contribution is 7.11. The molecule has 5 nitrogen and oxygen atoms in total. The van der Waals surface area contributed by atoms with Gasteiger partial charge in [0, 0.05) is 16.5 Å². The zero-order valence-electron chi connectivity index (χ0n) is 12.9. The number of aromatic nitrogens is 1. The van der Waals surface area contributed by atoms with Crippen molar-refractivity contribution in [3.05, 3.63) is 39.3 Å². The molecule has 24 heavy (non-hydrogen) atoms. The van der Waals surface area contributed by atoms with Gasteiger partial charge in [0.1, 0.15) is 5.75 Å². The summed E-state index contributed by atoms with van der Waals surface area (Å²) in [7, 11) is 1.43. The molecular weight excluding hydrogens is 345 g/mol. The van der Waals surface area contributed by atoms with E-state index in [4.69, 9.17) is 4.74 Å². The maximum absolute atomic E-state index is 12.6. The number of thiazole rings is 1. The van der Waals surface area contributed by atoms with Crippen LogP contribution in [0.3, 0.4) is 0 Å². The van der Waals surface area contributed by atoms with Crippen LogP contribution in [0.4, 0.5) is 18.9 Å². The monoisotopic (exact) mass is 358 g/mol. The Balaban J connectivity index is 2.38. The summed E-state index contributed by atoms with van der Waals surface area (Å²) in [5, 5.41) is 2.87. The molecule has 0 saturated carbocycles. The van der Waals surface area contributed by atoms with Gasteiger partial charge in [0.15, 0.2) is 16.5 Å². The van der Waals surface area contributed by atoms with E-state index in [1.54, 1.807) is 13.0 Å². The van der Waals surface area contributed by atoms with E-state index in [0.717, 1.165) is 5.38 Å². The zero-order chi connectivity index (χ0) is 18.1. The van der Waals surface area contributed by atoms with Gasteiger partial charge in [0.05, 0.1) is 12.8 Å². The lowest BCUT2D eigenvalue weighted by atomic mass is 10.0. The Morgan fingerprint density at radius 2 is 1.96 bits per heavy atom. The molecule has 1 heterocycles.